The van der Waals surface area contributed by atoms with E-state index in [1.165, 1.54) is 29.0 Å². The molecule has 1 aromatic carbocycles. The number of furan rings is 1. The molecule has 3 heterocycles. The molecule has 25 heavy (non-hydrogen) atoms. The lowest BCUT2D eigenvalue weighted by atomic mass is 10.3. The molecule has 0 saturated heterocycles. The average Bonchev–Trinajstić information content (AvgIpc) is 3.24. The van der Waals surface area contributed by atoms with Gasteiger partial charge < -0.3 is 14.9 Å². The average molecular weight is 339 g/mol. The lowest BCUT2D eigenvalue weighted by molar-refractivity contribution is -0.385. The number of rotatable bonds is 4. The second kappa shape index (κ2) is 5.56. The first kappa shape index (κ1) is 14.6. The van der Waals surface area contributed by atoms with E-state index < -0.39 is 4.92 Å². The quantitative estimate of drug-likeness (QED) is 0.435. The number of nitrogen functional groups attached to an aromatic ring is 1. The first-order valence-electron chi connectivity index (χ1n) is 6.97. The summed E-state index contributed by atoms with van der Waals surface area (Å²) < 4.78 is 11.8. The van der Waals surface area contributed by atoms with Crippen molar-refractivity contribution in [2.45, 2.75) is 0 Å². The third-order valence-corrected chi connectivity index (χ3v) is 3.22. The van der Waals surface area contributed by atoms with Crippen LogP contribution >= 0.6 is 0 Å². The van der Waals surface area contributed by atoms with Crippen LogP contribution in [0.25, 0.3) is 17.4 Å². The normalized spacial score (nSPS) is 10.9. The van der Waals surface area contributed by atoms with Crippen molar-refractivity contribution in [3.63, 3.8) is 0 Å². The topological polar surface area (TPSA) is 147 Å². The maximum Gasteiger partial charge on any atom is 0.328 e. The summed E-state index contributed by atoms with van der Waals surface area (Å²) in [7, 11) is 0. The Bertz CT molecular complexity index is 1070. The van der Waals surface area contributed by atoms with Gasteiger partial charge in [0.25, 0.3) is 5.78 Å². The number of hydrogen-bond acceptors (Lipinski definition) is 9. The Labute approximate surface area is 138 Å². The molecule has 0 aliphatic rings. The fraction of sp³-hybridized carbons (Fsp3) is 0. The number of hydrogen-bond donors (Lipinski definition) is 1. The minimum absolute atomic E-state index is 0.0120. The molecule has 0 radical (unpaired) electrons. The highest BCUT2D eigenvalue weighted by Crippen LogP contribution is 2.29. The van der Waals surface area contributed by atoms with Crippen molar-refractivity contribution in [1.29, 1.82) is 0 Å². The fourth-order valence-corrected chi connectivity index (χ4v) is 2.13. The van der Waals surface area contributed by atoms with E-state index in [-0.39, 0.29) is 35.0 Å². The number of nitrogens with two attached hydrogens (primary N) is 1. The molecular formula is C14H9N7O4. The van der Waals surface area contributed by atoms with E-state index in [4.69, 9.17) is 14.9 Å². The summed E-state index contributed by atoms with van der Waals surface area (Å²) in [6, 6.07) is 9.05. The van der Waals surface area contributed by atoms with Gasteiger partial charge in [-0.25, -0.2) is 0 Å². The molecular weight excluding hydrogens is 330 g/mol. The number of nitrogens with zero attached hydrogens (tertiary/aromatic N) is 6. The van der Waals surface area contributed by atoms with Gasteiger partial charge in [-0.15, -0.1) is 5.10 Å². The first-order valence-corrected chi connectivity index (χ1v) is 6.97. The number of benzene rings is 1. The summed E-state index contributed by atoms with van der Waals surface area (Å²) in [5, 5.41) is 15.2. The zero-order chi connectivity index (χ0) is 17.4. The Morgan fingerprint density at radius 1 is 1.16 bits per heavy atom. The van der Waals surface area contributed by atoms with Crippen LogP contribution in [0.4, 0.5) is 11.6 Å². The van der Waals surface area contributed by atoms with Crippen LogP contribution in [0.15, 0.2) is 47.1 Å². The van der Waals surface area contributed by atoms with Crippen molar-refractivity contribution in [3.05, 3.63) is 52.8 Å². The predicted octanol–water partition coefficient (Wildman–Crippen LogP) is 2.06. The van der Waals surface area contributed by atoms with Gasteiger partial charge in [0.2, 0.25) is 17.5 Å². The van der Waals surface area contributed by atoms with Gasteiger partial charge in [-0.1, -0.05) is 12.1 Å². The van der Waals surface area contributed by atoms with Gasteiger partial charge in [0.1, 0.15) is 0 Å². The lowest BCUT2D eigenvalue weighted by Gasteiger charge is -2.05. The molecule has 11 heteroatoms. The van der Waals surface area contributed by atoms with Crippen LogP contribution in [0.3, 0.4) is 0 Å². The smallest absolute Gasteiger partial charge is 0.328 e. The number of nitro groups is 1. The maximum absolute atomic E-state index is 11.0. The number of para-hydroxylation sites is 2. The molecule has 4 rings (SSSR count). The minimum atomic E-state index is -0.566. The summed E-state index contributed by atoms with van der Waals surface area (Å²) in [5.41, 5.74) is 5.62. The number of anilines is 1. The van der Waals surface area contributed by atoms with Gasteiger partial charge in [0, 0.05) is 6.07 Å². The van der Waals surface area contributed by atoms with Gasteiger partial charge in [0.05, 0.1) is 11.2 Å². The Morgan fingerprint density at radius 2 is 2.00 bits per heavy atom. The number of nitro benzene ring substituents is 1. The summed E-state index contributed by atoms with van der Waals surface area (Å²) >= 11 is 0. The molecule has 0 atom stereocenters. The lowest BCUT2D eigenvalue weighted by Crippen LogP contribution is -2.06. The van der Waals surface area contributed by atoms with Gasteiger partial charge >= 0.3 is 11.7 Å². The van der Waals surface area contributed by atoms with E-state index >= 15 is 0 Å². The Kier molecular flexibility index (Phi) is 3.24. The molecule has 4 aromatic rings. The van der Waals surface area contributed by atoms with Crippen LogP contribution in [0.5, 0.6) is 11.8 Å². The maximum atomic E-state index is 11.0. The third-order valence-electron chi connectivity index (χ3n) is 3.22. The van der Waals surface area contributed by atoms with E-state index in [0.717, 1.165) is 0 Å². The number of ether oxygens (including phenoxy) is 1. The second-order valence-electron chi connectivity index (χ2n) is 4.82. The Hall–Kier alpha value is -4.02. The Balaban J connectivity index is 1.75. The van der Waals surface area contributed by atoms with E-state index in [1.54, 1.807) is 18.2 Å². The van der Waals surface area contributed by atoms with Crippen molar-refractivity contribution in [1.82, 2.24) is 24.6 Å². The van der Waals surface area contributed by atoms with E-state index in [9.17, 15) is 10.1 Å². The molecule has 124 valence electrons. The SMILES string of the molecule is Nc1nc(Oc2ccccc2[N+](=O)[O-])nc2nc(-c3ccco3)nn12. The Morgan fingerprint density at radius 3 is 2.76 bits per heavy atom. The molecule has 11 nitrogen and oxygen atoms in total. The summed E-state index contributed by atoms with van der Waals surface area (Å²) in [4.78, 5) is 22.7. The van der Waals surface area contributed by atoms with Crippen molar-refractivity contribution >= 4 is 17.4 Å². The zero-order valence-electron chi connectivity index (χ0n) is 12.4. The second-order valence-corrected chi connectivity index (χ2v) is 4.82. The van der Waals surface area contributed by atoms with Crippen molar-refractivity contribution < 1.29 is 14.1 Å². The summed E-state index contributed by atoms with van der Waals surface area (Å²) in [5.74, 6) is 0.776. The monoisotopic (exact) mass is 339 g/mol. The van der Waals surface area contributed by atoms with E-state index in [2.05, 4.69) is 20.1 Å². The van der Waals surface area contributed by atoms with Crippen molar-refractivity contribution in [2.24, 2.45) is 0 Å². The zero-order valence-corrected chi connectivity index (χ0v) is 12.4. The first-order chi connectivity index (χ1) is 12.1. The highest BCUT2D eigenvalue weighted by atomic mass is 16.6. The largest absolute Gasteiger partial charge is 0.461 e. The molecule has 2 N–H and O–H groups in total. The van der Waals surface area contributed by atoms with Gasteiger partial charge in [-0.2, -0.15) is 19.5 Å². The van der Waals surface area contributed by atoms with Gasteiger partial charge in [-0.05, 0) is 18.2 Å². The molecule has 0 unspecified atom stereocenters. The van der Waals surface area contributed by atoms with Crippen LogP contribution in [-0.4, -0.2) is 29.5 Å². The van der Waals surface area contributed by atoms with Crippen LogP contribution in [0.1, 0.15) is 0 Å². The van der Waals surface area contributed by atoms with Crippen LogP contribution < -0.4 is 10.5 Å². The van der Waals surface area contributed by atoms with Crippen molar-refractivity contribution in [2.75, 3.05) is 5.73 Å². The van der Waals surface area contributed by atoms with Crippen LogP contribution in [0.2, 0.25) is 0 Å². The molecule has 0 saturated carbocycles. The molecule has 0 spiro atoms. The molecule has 3 aromatic heterocycles. The number of aromatic nitrogens is 5. The van der Waals surface area contributed by atoms with E-state index in [1.807, 2.05) is 0 Å². The van der Waals surface area contributed by atoms with Crippen LogP contribution in [-0.2, 0) is 0 Å². The van der Waals surface area contributed by atoms with Gasteiger partial charge in [-0.3, -0.25) is 10.1 Å². The third kappa shape index (κ3) is 2.59. The van der Waals surface area contributed by atoms with Crippen molar-refractivity contribution in [3.8, 4) is 23.3 Å². The molecule has 0 amide bonds. The molecule has 0 aliphatic heterocycles. The highest BCUT2D eigenvalue weighted by molar-refractivity contribution is 5.52. The standard InChI is InChI=1S/C14H9N7O4/c15-12-17-14(25-9-5-2-1-4-8(9)21(22)23)18-13-16-11(19-20(12)13)10-6-3-7-24-10/h1-7H,(H2,15,16,17,18,19). The molecule has 0 fully saturated rings. The minimum Gasteiger partial charge on any atom is -0.461 e. The summed E-state index contributed by atoms with van der Waals surface area (Å²) in [6.07, 6.45) is 1.49. The fourth-order valence-electron chi connectivity index (χ4n) is 2.13. The van der Waals surface area contributed by atoms with Gasteiger partial charge in [0.15, 0.2) is 5.76 Å². The molecule has 0 bridgehead atoms. The van der Waals surface area contributed by atoms with E-state index in [0.29, 0.717) is 5.76 Å². The summed E-state index contributed by atoms with van der Waals surface area (Å²) in [6.45, 7) is 0. The van der Waals surface area contributed by atoms with Crippen LogP contribution in [0, 0.1) is 10.1 Å². The number of fused-ring (bicyclic) bond motifs is 1. The molecule has 0 aliphatic carbocycles. The predicted molar refractivity (Wildman–Crippen MR) is 83.9 cm³/mol. The highest BCUT2D eigenvalue weighted by Gasteiger charge is 2.18.